The van der Waals surface area contributed by atoms with Crippen LogP contribution in [0.15, 0.2) is 60.8 Å². The van der Waals surface area contributed by atoms with E-state index >= 15 is 0 Å². The number of nitrogens with zero attached hydrogens (tertiary/aromatic N) is 1. The number of hydrogen-bond acceptors (Lipinski definition) is 2. The summed E-state index contributed by atoms with van der Waals surface area (Å²) < 4.78 is 0. The molecule has 1 heterocycles. The second-order valence-electron chi connectivity index (χ2n) is 5.31. The van der Waals surface area contributed by atoms with Gasteiger partial charge < -0.3 is 5.11 Å². The molecule has 1 aromatic heterocycles. The maximum absolute atomic E-state index is 10.6. The van der Waals surface area contributed by atoms with Gasteiger partial charge in [-0.05, 0) is 29.0 Å². The first kappa shape index (κ1) is 13.8. The number of aliphatic hydroxyl groups is 1. The van der Waals surface area contributed by atoms with Gasteiger partial charge in [-0.15, -0.1) is 0 Å². The summed E-state index contributed by atoms with van der Waals surface area (Å²) in [5.41, 5.74) is 2.91. The Balaban J connectivity index is 1.98. The van der Waals surface area contributed by atoms with E-state index in [-0.39, 0.29) is 0 Å². The molecule has 0 spiro atoms. The van der Waals surface area contributed by atoms with Crippen LogP contribution in [0.1, 0.15) is 36.3 Å². The van der Waals surface area contributed by atoms with Crippen LogP contribution in [0.3, 0.4) is 0 Å². The van der Waals surface area contributed by atoms with E-state index in [0.29, 0.717) is 0 Å². The largest absolute Gasteiger partial charge is 0.382 e. The molecule has 1 atom stereocenters. The average molecular weight is 277 g/mol. The molecule has 0 bridgehead atoms. The highest BCUT2D eigenvalue weighted by atomic mass is 16.3. The van der Waals surface area contributed by atoms with Gasteiger partial charge in [-0.2, -0.15) is 0 Å². The molecule has 2 nitrogen and oxygen atoms in total. The van der Waals surface area contributed by atoms with E-state index < -0.39 is 6.10 Å². The third-order valence-corrected chi connectivity index (χ3v) is 3.80. The fraction of sp³-hybridized carbons (Fsp3) is 0.211. The van der Waals surface area contributed by atoms with E-state index in [1.54, 1.807) is 6.20 Å². The molecule has 0 aliphatic rings. The minimum absolute atomic E-state index is 0.688. The quantitative estimate of drug-likeness (QED) is 0.772. The number of aryl methyl sites for hydroxylation is 1. The fourth-order valence-electron chi connectivity index (χ4n) is 2.67. The number of pyridine rings is 1. The molecular weight excluding hydrogens is 258 g/mol. The monoisotopic (exact) mass is 277 g/mol. The van der Waals surface area contributed by atoms with E-state index in [0.717, 1.165) is 34.9 Å². The summed E-state index contributed by atoms with van der Waals surface area (Å²) in [5, 5.41) is 12.8. The highest BCUT2D eigenvalue weighted by Crippen LogP contribution is 2.27. The molecule has 0 radical (unpaired) electrons. The lowest BCUT2D eigenvalue weighted by molar-refractivity contribution is 0.217. The topological polar surface area (TPSA) is 33.1 Å². The van der Waals surface area contributed by atoms with Crippen LogP contribution in [0, 0.1) is 0 Å². The van der Waals surface area contributed by atoms with Crippen molar-refractivity contribution in [2.75, 3.05) is 0 Å². The van der Waals surface area contributed by atoms with E-state index in [1.165, 1.54) is 5.56 Å². The molecule has 0 saturated heterocycles. The van der Waals surface area contributed by atoms with Crippen molar-refractivity contribution in [2.45, 2.75) is 25.9 Å². The van der Waals surface area contributed by atoms with Crippen molar-refractivity contribution in [3.63, 3.8) is 0 Å². The van der Waals surface area contributed by atoms with Gasteiger partial charge in [-0.1, -0.05) is 61.9 Å². The first-order valence-electron chi connectivity index (χ1n) is 7.40. The second-order valence-corrected chi connectivity index (χ2v) is 5.31. The summed E-state index contributed by atoms with van der Waals surface area (Å²) in [6.45, 7) is 2.17. The minimum atomic E-state index is -0.688. The van der Waals surface area contributed by atoms with Crippen LogP contribution in [0.25, 0.3) is 10.8 Å². The predicted molar refractivity (Wildman–Crippen MR) is 86.2 cm³/mol. The van der Waals surface area contributed by atoms with Crippen molar-refractivity contribution >= 4 is 10.8 Å². The molecule has 0 fully saturated rings. The van der Waals surface area contributed by atoms with Gasteiger partial charge in [0.2, 0.25) is 0 Å². The normalized spacial score (nSPS) is 12.5. The van der Waals surface area contributed by atoms with E-state index in [4.69, 9.17) is 0 Å². The van der Waals surface area contributed by atoms with Crippen LogP contribution in [0.4, 0.5) is 0 Å². The van der Waals surface area contributed by atoms with Crippen LogP contribution in [0.2, 0.25) is 0 Å². The summed E-state index contributed by atoms with van der Waals surface area (Å²) in [5.74, 6) is 0. The van der Waals surface area contributed by atoms with Gasteiger partial charge in [-0.3, -0.25) is 4.98 Å². The summed E-state index contributed by atoms with van der Waals surface area (Å²) in [4.78, 5) is 4.39. The predicted octanol–water partition coefficient (Wildman–Crippen LogP) is 4.27. The van der Waals surface area contributed by atoms with Gasteiger partial charge in [0.25, 0.3) is 0 Å². The Labute approximate surface area is 125 Å². The van der Waals surface area contributed by atoms with Gasteiger partial charge >= 0.3 is 0 Å². The number of rotatable bonds is 4. The van der Waals surface area contributed by atoms with Gasteiger partial charge in [0.15, 0.2) is 0 Å². The first-order chi connectivity index (χ1) is 10.3. The molecule has 2 heteroatoms. The molecule has 3 rings (SSSR count). The highest BCUT2D eigenvalue weighted by Gasteiger charge is 2.14. The Morgan fingerprint density at radius 1 is 1.00 bits per heavy atom. The van der Waals surface area contributed by atoms with Crippen molar-refractivity contribution < 1.29 is 5.11 Å². The molecular formula is C19H19NO. The zero-order valence-electron chi connectivity index (χ0n) is 12.2. The Morgan fingerprint density at radius 2 is 1.76 bits per heavy atom. The van der Waals surface area contributed by atoms with Crippen LogP contribution in [0.5, 0.6) is 0 Å². The van der Waals surface area contributed by atoms with Gasteiger partial charge in [0.05, 0.1) is 5.69 Å². The molecule has 21 heavy (non-hydrogen) atoms. The molecule has 0 aliphatic heterocycles. The number of aromatic nitrogens is 1. The SMILES string of the molecule is CCCc1ccc(C(O)c2nccc3ccccc23)cc1. The van der Waals surface area contributed by atoms with Crippen LogP contribution in [-0.2, 0) is 6.42 Å². The van der Waals surface area contributed by atoms with E-state index in [2.05, 4.69) is 24.0 Å². The molecule has 0 amide bonds. The average Bonchev–Trinajstić information content (AvgIpc) is 2.55. The number of benzene rings is 2. The maximum Gasteiger partial charge on any atom is 0.122 e. The van der Waals surface area contributed by atoms with Crippen molar-refractivity contribution in [2.24, 2.45) is 0 Å². The lowest BCUT2D eigenvalue weighted by Gasteiger charge is -2.13. The van der Waals surface area contributed by atoms with Crippen LogP contribution in [-0.4, -0.2) is 10.1 Å². The van der Waals surface area contributed by atoms with Gasteiger partial charge in [0.1, 0.15) is 6.10 Å². The lowest BCUT2D eigenvalue weighted by Crippen LogP contribution is -2.03. The number of fused-ring (bicyclic) bond motifs is 1. The highest BCUT2D eigenvalue weighted by molar-refractivity contribution is 5.84. The van der Waals surface area contributed by atoms with Crippen molar-refractivity contribution in [1.29, 1.82) is 0 Å². The Morgan fingerprint density at radius 3 is 2.52 bits per heavy atom. The summed E-state index contributed by atoms with van der Waals surface area (Å²) in [6.07, 6.45) is 3.27. The number of hydrogen-bond donors (Lipinski definition) is 1. The number of aliphatic hydroxyl groups excluding tert-OH is 1. The lowest BCUT2D eigenvalue weighted by atomic mass is 9.99. The standard InChI is InChI=1S/C19H19NO/c1-2-5-14-8-10-16(11-9-14)19(21)18-17-7-4-3-6-15(17)12-13-20-18/h3-4,6-13,19,21H,2,5H2,1H3. The summed E-state index contributed by atoms with van der Waals surface area (Å²) >= 11 is 0. The molecule has 1 unspecified atom stereocenters. The fourth-order valence-corrected chi connectivity index (χ4v) is 2.67. The molecule has 1 N–H and O–H groups in total. The zero-order chi connectivity index (χ0) is 14.7. The molecule has 106 valence electrons. The zero-order valence-corrected chi connectivity index (χ0v) is 12.2. The second kappa shape index (κ2) is 6.06. The molecule has 0 saturated carbocycles. The molecule has 3 aromatic rings. The third-order valence-electron chi connectivity index (χ3n) is 3.80. The van der Waals surface area contributed by atoms with Crippen LogP contribution >= 0.6 is 0 Å². The Bertz CT molecular complexity index is 729. The molecule has 2 aromatic carbocycles. The maximum atomic E-state index is 10.6. The summed E-state index contributed by atoms with van der Waals surface area (Å²) in [6, 6.07) is 18.2. The minimum Gasteiger partial charge on any atom is -0.382 e. The third kappa shape index (κ3) is 2.81. The van der Waals surface area contributed by atoms with Crippen LogP contribution < -0.4 is 0 Å². The van der Waals surface area contributed by atoms with Crippen molar-refractivity contribution in [3.05, 3.63) is 77.6 Å². The molecule has 0 aliphatic carbocycles. The summed E-state index contributed by atoms with van der Waals surface area (Å²) in [7, 11) is 0. The van der Waals surface area contributed by atoms with Crippen molar-refractivity contribution in [3.8, 4) is 0 Å². The van der Waals surface area contributed by atoms with Gasteiger partial charge in [-0.25, -0.2) is 0 Å². The Hall–Kier alpha value is -2.19. The smallest absolute Gasteiger partial charge is 0.122 e. The first-order valence-corrected chi connectivity index (χ1v) is 7.40. The van der Waals surface area contributed by atoms with Crippen molar-refractivity contribution in [1.82, 2.24) is 4.98 Å². The van der Waals surface area contributed by atoms with E-state index in [9.17, 15) is 5.11 Å². The van der Waals surface area contributed by atoms with E-state index in [1.807, 2.05) is 42.5 Å². The Kier molecular flexibility index (Phi) is 3.98. The van der Waals surface area contributed by atoms with Gasteiger partial charge in [0, 0.05) is 11.6 Å².